The molecule has 1 aromatic rings. The Morgan fingerprint density at radius 1 is 1.62 bits per heavy atom. The van der Waals surface area contributed by atoms with Crippen LogP contribution >= 0.6 is 11.8 Å². The summed E-state index contributed by atoms with van der Waals surface area (Å²) in [5.74, 6) is 0.717. The molecule has 2 unspecified atom stereocenters. The lowest BCUT2D eigenvalue weighted by Crippen LogP contribution is -2.30. The highest BCUT2D eigenvalue weighted by Crippen LogP contribution is 2.08. The van der Waals surface area contributed by atoms with Crippen molar-refractivity contribution in [2.24, 2.45) is 0 Å². The van der Waals surface area contributed by atoms with Gasteiger partial charge in [0.25, 0.3) is 0 Å². The van der Waals surface area contributed by atoms with E-state index >= 15 is 0 Å². The van der Waals surface area contributed by atoms with Gasteiger partial charge in [-0.05, 0) is 24.8 Å². The molecule has 16 heavy (non-hydrogen) atoms. The van der Waals surface area contributed by atoms with Gasteiger partial charge in [-0.15, -0.1) is 0 Å². The van der Waals surface area contributed by atoms with Crippen molar-refractivity contribution in [1.29, 1.82) is 0 Å². The smallest absolute Gasteiger partial charge is 0.248 e. The summed E-state index contributed by atoms with van der Waals surface area (Å²) in [5.41, 5.74) is 0.830. The van der Waals surface area contributed by atoms with E-state index in [1.165, 1.54) is 0 Å². The highest BCUT2D eigenvalue weighted by Gasteiger charge is 2.08. The zero-order valence-electron chi connectivity index (χ0n) is 9.56. The third-order valence-electron chi connectivity index (χ3n) is 2.32. The number of rotatable bonds is 6. The van der Waals surface area contributed by atoms with Gasteiger partial charge >= 0.3 is 0 Å². The molecule has 0 aromatic carbocycles. The molecule has 3 N–H and O–H groups in total. The topological polar surface area (TPSA) is 65.1 Å². The van der Waals surface area contributed by atoms with E-state index < -0.39 is 0 Å². The average Bonchev–Trinajstić information content (AvgIpc) is 2.26. The Labute approximate surface area is 99.5 Å². The van der Waals surface area contributed by atoms with Gasteiger partial charge in [0.2, 0.25) is 5.56 Å². The fourth-order valence-corrected chi connectivity index (χ4v) is 1.92. The molecule has 0 saturated heterocycles. The summed E-state index contributed by atoms with van der Waals surface area (Å²) in [7, 11) is 0. The molecule has 0 fully saturated rings. The number of aromatic nitrogens is 1. The molecule has 4 nitrogen and oxygen atoms in total. The fraction of sp³-hybridized carbons (Fsp3) is 0.545. The monoisotopic (exact) mass is 242 g/mol. The molecule has 0 aliphatic carbocycles. The first-order valence-corrected chi connectivity index (χ1v) is 6.62. The van der Waals surface area contributed by atoms with E-state index in [2.05, 4.69) is 10.3 Å². The Kier molecular flexibility index (Phi) is 5.59. The molecule has 2 atom stereocenters. The van der Waals surface area contributed by atoms with E-state index in [0.717, 1.165) is 11.3 Å². The highest BCUT2D eigenvalue weighted by molar-refractivity contribution is 7.98. The summed E-state index contributed by atoms with van der Waals surface area (Å²) < 4.78 is 0. The summed E-state index contributed by atoms with van der Waals surface area (Å²) in [6.45, 7) is 2.51. The van der Waals surface area contributed by atoms with Crippen molar-refractivity contribution < 1.29 is 5.11 Å². The van der Waals surface area contributed by atoms with E-state index in [-0.39, 0.29) is 17.7 Å². The molecule has 90 valence electrons. The first-order valence-electron chi connectivity index (χ1n) is 5.22. The molecule has 0 spiro atoms. The van der Waals surface area contributed by atoms with Crippen LogP contribution in [0.1, 0.15) is 18.5 Å². The van der Waals surface area contributed by atoms with E-state index in [1.54, 1.807) is 24.0 Å². The van der Waals surface area contributed by atoms with Gasteiger partial charge in [-0.2, -0.15) is 11.8 Å². The van der Waals surface area contributed by atoms with Gasteiger partial charge in [0.1, 0.15) is 0 Å². The van der Waals surface area contributed by atoms with Crippen molar-refractivity contribution in [2.75, 3.05) is 18.6 Å². The van der Waals surface area contributed by atoms with Crippen molar-refractivity contribution >= 4 is 11.8 Å². The Morgan fingerprint density at radius 2 is 2.38 bits per heavy atom. The minimum Gasteiger partial charge on any atom is -0.391 e. The third kappa shape index (κ3) is 4.38. The molecule has 1 rings (SSSR count). The second-order valence-corrected chi connectivity index (χ2v) is 4.64. The Morgan fingerprint density at radius 3 is 3.00 bits per heavy atom. The molecule has 5 heteroatoms. The highest BCUT2D eigenvalue weighted by atomic mass is 32.2. The van der Waals surface area contributed by atoms with Gasteiger partial charge in [0, 0.05) is 30.6 Å². The second-order valence-electron chi connectivity index (χ2n) is 3.73. The van der Waals surface area contributed by atoms with Crippen LogP contribution in [0, 0.1) is 0 Å². The molecule has 0 radical (unpaired) electrons. The van der Waals surface area contributed by atoms with E-state index in [9.17, 15) is 9.90 Å². The van der Waals surface area contributed by atoms with Crippen LogP contribution in [-0.4, -0.2) is 34.7 Å². The first-order chi connectivity index (χ1) is 7.63. The van der Waals surface area contributed by atoms with Gasteiger partial charge in [-0.3, -0.25) is 4.79 Å². The maximum Gasteiger partial charge on any atom is 0.248 e. The van der Waals surface area contributed by atoms with Crippen molar-refractivity contribution in [3.05, 3.63) is 34.2 Å². The normalized spacial score (nSPS) is 14.7. The molecular formula is C11H18N2O2S. The number of H-pyrrole nitrogens is 1. The Bertz CT molecular complexity index is 367. The van der Waals surface area contributed by atoms with E-state index in [0.29, 0.717) is 6.54 Å². The van der Waals surface area contributed by atoms with Crippen molar-refractivity contribution in [3.8, 4) is 0 Å². The van der Waals surface area contributed by atoms with Crippen LogP contribution < -0.4 is 10.9 Å². The van der Waals surface area contributed by atoms with Crippen LogP contribution in [0.4, 0.5) is 0 Å². The fourth-order valence-electron chi connectivity index (χ4n) is 1.41. The summed E-state index contributed by atoms with van der Waals surface area (Å²) in [6, 6.07) is 3.50. The number of thioether (sulfide) groups is 1. The Balaban J connectivity index is 2.46. The van der Waals surface area contributed by atoms with Crippen molar-refractivity contribution in [1.82, 2.24) is 10.3 Å². The molecule has 0 bridgehead atoms. The number of aliphatic hydroxyl groups is 1. The third-order valence-corrected chi connectivity index (χ3v) is 3.04. The largest absolute Gasteiger partial charge is 0.391 e. The minimum absolute atomic E-state index is 0.0683. The Hall–Kier alpha value is -0.780. The van der Waals surface area contributed by atoms with Gasteiger partial charge in [0.05, 0.1) is 6.10 Å². The van der Waals surface area contributed by atoms with Gasteiger partial charge in [-0.25, -0.2) is 0 Å². The molecule has 0 saturated carbocycles. The number of nitrogens with one attached hydrogen (secondary N) is 2. The lowest BCUT2D eigenvalue weighted by Gasteiger charge is -2.16. The number of hydrogen-bond acceptors (Lipinski definition) is 4. The lowest BCUT2D eigenvalue weighted by molar-refractivity contribution is 0.191. The number of aromatic amines is 1. The molecule has 1 heterocycles. The molecule has 0 aliphatic rings. The van der Waals surface area contributed by atoms with Gasteiger partial charge < -0.3 is 15.4 Å². The van der Waals surface area contributed by atoms with E-state index in [1.807, 2.05) is 19.2 Å². The predicted molar refractivity (Wildman–Crippen MR) is 67.9 cm³/mol. The number of pyridine rings is 1. The minimum atomic E-state index is -0.348. The van der Waals surface area contributed by atoms with Crippen LogP contribution in [0.15, 0.2) is 23.1 Å². The van der Waals surface area contributed by atoms with Crippen LogP contribution in [0.2, 0.25) is 0 Å². The van der Waals surface area contributed by atoms with Gasteiger partial charge in [0.15, 0.2) is 0 Å². The quantitative estimate of drug-likeness (QED) is 0.689. The molecular weight excluding hydrogens is 224 g/mol. The van der Waals surface area contributed by atoms with Gasteiger partial charge in [-0.1, -0.05) is 0 Å². The zero-order valence-corrected chi connectivity index (χ0v) is 10.4. The van der Waals surface area contributed by atoms with Crippen LogP contribution in [0.25, 0.3) is 0 Å². The molecule has 0 amide bonds. The maximum atomic E-state index is 11.1. The lowest BCUT2D eigenvalue weighted by atomic mass is 10.1. The van der Waals surface area contributed by atoms with Crippen molar-refractivity contribution in [2.45, 2.75) is 19.1 Å². The van der Waals surface area contributed by atoms with Crippen molar-refractivity contribution in [3.63, 3.8) is 0 Å². The number of aliphatic hydroxyl groups excluding tert-OH is 1. The summed E-state index contributed by atoms with van der Waals surface area (Å²) in [4.78, 5) is 13.7. The van der Waals surface area contributed by atoms with E-state index in [4.69, 9.17) is 0 Å². The molecule has 0 aliphatic heterocycles. The maximum absolute atomic E-state index is 11.1. The summed E-state index contributed by atoms with van der Waals surface area (Å²) >= 11 is 1.61. The SMILES string of the molecule is CSCC(O)CNC(C)c1cc[nH]c(=O)c1. The molecule has 1 aromatic heterocycles. The first kappa shape index (κ1) is 13.3. The number of hydrogen-bond donors (Lipinski definition) is 3. The zero-order chi connectivity index (χ0) is 12.0. The predicted octanol–water partition coefficient (Wildman–Crippen LogP) is 0.749. The second kappa shape index (κ2) is 6.73. The van der Waals surface area contributed by atoms with Crippen LogP contribution in [0.3, 0.4) is 0 Å². The average molecular weight is 242 g/mol. The summed E-state index contributed by atoms with van der Waals surface area (Å²) in [6.07, 6.45) is 3.25. The van der Waals surface area contributed by atoms with Crippen LogP contribution in [-0.2, 0) is 0 Å². The summed E-state index contributed by atoms with van der Waals surface area (Å²) in [5, 5.41) is 12.7. The van der Waals surface area contributed by atoms with Crippen LogP contribution in [0.5, 0.6) is 0 Å². The standard InChI is InChI=1S/C11H18N2O2S/c1-8(13-6-10(14)7-16-2)9-3-4-12-11(15)5-9/h3-5,8,10,13-14H,6-7H2,1-2H3,(H,12,15).